The summed E-state index contributed by atoms with van der Waals surface area (Å²) in [6.07, 6.45) is 1.08. The van der Waals surface area contributed by atoms with Crippen LogP contribution in [0.4, 0.5) is 5.69 Å². The highest BCUT2D eigenvalue weighted by atomic mass is 79.9. The summed E-state index contributed by atoms with van der Waals surface area (Å²) in [7, 11) is 0. The lowest BCUT2D eigenvalue weighted by Crippen LogP contribution is -2.10. The zero-order valence-corrected chi connectivity index (χ0v) is 10.9. The van der Waals surface area contributed by atoms with Crippen molar-refractivity contribution in [1.82, 2.24) is 0 Å². The maximum Gasteiger partial charge on any atom is 0.0639 e. The molecule has 0 aliphatic rings. The molecule has 0 radical (unpaired) electrons. The van der Waals surface area contributed by atoms with Crippen molar-refractivity contribution in [3.63, 3.8) is 0 Å². The molecule has 0 saturated heterocycles. The van der Waals surface area contributed by atoms with Crippen LogP contribution in [0.25, 0.3) is 0 Å². The molecule has 84 valence electrons. The topological polar surface area (TPSA) is 21.3 Å². The Morgan fingerprint density at radius 3 is 2.80 bits per heavy atom. The van der Waals surface area contributed by atoms with E-state index in [1.54, 1.807) is 0 Å². The largest absolute Gasteiger partial charge is 0.382 e. The zero-order chi connectivity index (χ0) is 11.1. The van der Waals surface area contributed by atoms with E-state index in [4.69, 9.17) is 4.74 Å². The van der Waals surface area contributed by atoms with E-state index in [9.17, 15) is 0 Å². The van der Waals surface area contributed by atoms with Gasteiger partial charge in [0.15, 0.2) is 0 Å². The number of benzene rings is 1. The highest BCUT2D eigenvalue weighted by Crippen LogP contribution is 2.22. The molecule has 1 aromatic rings. The monoisotopic (exact) mass is 271 g/mol. The van der Waals surface area contributed by atoms with Gasteiger partial charge in [0.1, 0.15) is 0 Å². The van der Waals surface area contributed by atoms with Gasteiger partial charge in [0.2, 0.25) is 0 Å². The Morgan fingerprint density at radius 2 is 2.13 bits per heavy atom. The van der Waals surface area contributed by atoms with Crippen LogP contribution in [0.2, 0.25) is 0 Å². The molecule has 0 aliphatic heterocycles. The first-order valence-corrected chi connectivity index (χ1v) is 6.11. The third-order valence-corrected chi connectivity index (χ3v) is 2.69. The van der Waals surface area contributed by atoms with E-state index in [0.717, 1.165) is 36.3 Å². The van der Waals surface area contributed by atoms with Gasteiger partial charge in [-0.05, 0) is 47.0 Å². The highest BCUT2D eigenvalue weighted by molar-refractivity contribution is 9.10. The van der Waals surface area contributed by atoms with Crippen molar-refractivity contribution in [2.75, 3.05) is 25.1 Å². The van der Waals surface area contributed by atoms with Gasteiger partial charge in [-0.3, -0.25) is 0 Å². The smallest absolute Gasteiger partial charge is 0.0639 e. The van der Waals surface area contributed by atoms with Crippen LogP contribution >= 0.6 is 15.9 Å². The maximum absolute atomic E-state index is 5.39. The fourth-order valence-electron chi connectivity index (χ4n) is 1.27. The van der Waals surface area contributed by atoms with Gasteiger partial charge in [0, 0.05) is 23.3 Å². The molecule has 0 heterocycles. The lowest BCUT2D eigenvalue weighted by molar-refractivity contribution is 0.144. The molecule has 3 heteroatoms. The van der Waals surface area contributed by atoms with Crippen molar-refractivity contribution >= 4 is 21.6 Å². The Labute approximate surface area is 100 Å². The van der Waals surface area contributed by atoms with E-state index >= 15 is 0 Å². The average Bonchev–Trinajstić information content (AvgIpc) is 2.20. The summed E-state index contributed by atoms with van der Waals surface area (Å²) in [5, 5.41) is 3.33. The summed E-state index contributed by atoms with van der Waals surface area (Å²) in [5.41, 5.74) is 2.38. The molecule has 0 unspecified atom stereocenters. The molecule has 2 nitrogen and oxygen atoms in total. The lowest BCUT2D eigenvalue weighted by atomic mass is 10.2. The average molecular weight is 272 g/mol. The van der Waals surface area contributed by atoms with Crippen molar-refractivity contribution in [2.24, 2.45) is 0 Å². The number of aryl methyl sites for hydroxylation is 1. The predicted molar refractivity (Wildman–Crippen MR) is 68.5 cm³/mol. The SMILES string of the molecule is CCCOCCNc1ccc(C)cc1Br. The quantitative estimate of drug-likeness (QED) is 0.799. The van der Waals surface area contributed by atoms with Crippen LogP contribution < -0.4 is 5.32 Å². The summed E-state index contributed by atoms with van der Waals surface area (Å²) in [5.74, 6) is 0. The third kappa shape index (κ3) is 4.67. The zero-order valence-electron chi connectivity index (χ0n) is 9.35. The Hall–Kier alpha value is -0.540. The molecule has 0 bridgehead atoms. The standard InChI is InChI=1S/C12H18BrNO/c1-3-7-15-8-6-14-12-5-4-10(2)9-11(12)13/h4-5,9,14H,3,6-8H2,1-2H3. The Bertz CT molecular complexity index is 302. The predicted octanol–water partition coefficient (Wildman–Crippen LogP) is 3.60. The first-order valence-electron chi connectivity index (χ1n) is 5.32. The van der Waals surface area contributed by atoms with Crippen LogP contribution in [0.15, 0.2) is 22.7 Å². The van der Waals surface area contributed by atoms with Gasteiger partial charge in [-0.15, -0.1) is 0 Å². The number of nitrogens with one attached hydrogen (secondary N) is 1. The maximum atomic E-state index is 5.39. The van der Waals surface area contributed by atoms with E-state index in [0.29, 0.717) is 0 Å². The molecule has 0 aliphatic carbocycles. The summed E-state index contributed by atoms with van der Waals surface area (Å²) in [6.45, 7) is 6.65. The lowest BCUT2D eigenvalue weighted by Gasteiger charge is -2.09. The van der Waals surface area contributed by atoms with E-state index in [-0.39, 0.29) is 0 Å². The summed E-state index contributed by atoms with van der Waals surface area (Å²) in [6, 6.07) is 6.29. The minimum absolute atomic E-state index is 0.758. The van der Waals surface area contributed by atoms with Crippen LogP contribution in [-0.4, -0.2) is 19.8 Å². The minimum Gasteiger partial charge on any atom is -0.382 e. The van der Waals surface area contributed by atoms with Gasteiger partial charge in [-0.2, -0.15) is 0 Å². The van der Waals surface area contributed by atoms with Crippen molar-refractivity contribution < 1.29 is 4.74 Å². The fraction of sp³-hybridized carbons (Fsp3) is 0.500. The molecule has 0 saturated carbocycles. The molecule has 1 N–H and O–H groups in total. The summed E-state index contributed by atoms with van der Waals surface area (Å²) in [4.78, 5) is 0. The van der Waals surface area contributed by atoms with Gasteiger partial charge in [-0.25, -0.2) is 0 Å². The highest BCUT2D eigenvalue weighted by Gasteiger charge is 1.98. The first kappa shape index (κ1) is 12.5. The molecule has 1 rings (SSSR count). The van der Waals surface area contributed by atoms with Gasteiger partial charge in [0.25, 0.3) is 0 Å². The molecule has 0 amide bonds. The van der Waals surface area contributed by atoms with Crippen LogP contribution in [-0.2, 0) is 4.74 Å². The molecule has 0 fully saturated rings. The van der Waals surface area contributed by atoms with Crippen molar-refractivity contribution in [3.05, 3.63) is 28.2 Å². The molecule has 0 aromatic heterocycles. The summed E-state index contributed by atoms with van der Waals surface area (Å²) >= 11 is 3.53. The molecule has 15 heavy (non-hydrogen) atoms. The molecular formula is C12H18BrNO. The van der Waals surface area contributed by atoms with Gasteiger partial charge in [0.05, 0.1) is 6.61 Å². The number of hydrogen-bond donors (Lipinski definition) is 1. The second kappa shape index (κ2) is 6.85. The molecule has 0 atom stereocenters. The van der Waals surface area contributed by atoms with E-state index < -0.39 is 0 Å². The van der Waals surface area contributed by atoms with Crippen LogP contribution in [0, 0.1) is 6.92 Å². The fourth-order valence-corrected chi connectivity index (χ4v) is 1.90. The normalized spacial score (nSPS) is 10.3. The van der Waals surface area contributed by atoms with Crippen molar-refractivity contribution in [3.8, 4) is 0 Å². The third-order valence-electron chi connectivity index (χ3n) is 2.03. The van der Waals surface area contributed by atoms with E-state index in [1.807, 2.05) is 0 Å². The number of anilines is 1. The van der Waals surface area contributed by atoms with Crippen molar-refractivity contribution in [1.29, 1.82) is 0 Å². The van der Waals surface area contributed by atoms with Crippen LogP contribution in [0.3, 0.4) is 0 Å². The Balaban J connectivity index is 2.31. The minimum atomic E-state index is 0.758. The second-order valence-electron chi connectivity index (χ2n) is 3.52. The molecular weight excluding hydrogens is 254 g/mol. The van der Waals surface area contributed by atoms with Gasteiger partial charge >= 0.3 is 0 Å². The number of ether oxygens (including phenoxy) is 1. The number of rotatable bonds is 6. The number of hydrogen-bond acceptors (Lipinski definition) is 2. The van der Waals surface area contributed by atoms with Crippen LogP contribution in [0.1, 0.15) is 18.9 Å². The molecule has 0 spiro atoms. The Morgan fingerprint density at radius 1 is 1.33 bits per heavy atom. The van der Waals surface area contributed by atoms with Gasteiger partial charge in [-0.1, -0.05) is 13.0 Å². The van der Waals surface area contributed by atoms with E-state index in [1.165, 1.54) is 5.56 Å². The number of halogens is 1. The first-order chi connectivity index (χ1) is 7.24. The molecule has 1 aromatic carbocycles. The van der Waals surface area contributed by atoms with Crippen LogP contribution in [0.5, 0.6) is 0 Å². The second-order valence-corrected chi connectivity index (χ2v) is 4.38. The Kier molecular flexibility index (Phi) is 5.73. The van der Waals surface area contributed by atoms with E-state index in [2.05, 4.69) is 53.3 Å². The van der Waals surface area contributed by atoms with Crippen molar-refractivity contribution in [2.45, 2.75) is 20.3 Å². The summed E-state index contributed by atoms with van der Waals surface area (Å²) < 4.78 is 6.50. The van der Waals surface area contributed by atoms with Gasteiger partial charge < -0.3 is 10.1 Å².